The van der Waals surface area contributed by atoms with Crippen LogP contribution in [0.3, 0.4) is 0 Å². The first-order valence-electron chi connectivity index (χ1n) is 16.0. The van der Waals surface area contributed by atoms with E-state index in [2.05, 4.69) is 36.7 Å². The Hall–Kier alpha value is -5.80. The van der Waals surface area contributed by atoms with Gasteiger partial charge in [-0.25, -0.2) is 19.7 Å². The summed E-state index contributed by atoms with van der Waals surface area (Å²) < 4.78 is 7.47. The number of carbonyl (C=O) groups excluding carboxylic acids is 1. The van der Waals surface area contributed by atoms with E-state index in [0.717, 1.165) is 67.9 Å². The number of anilines is 5. The zero-order valence-corrected chi connectivity index (χ0v) is 26.7. The van der Waals surface area contributed by atoms with Crippen LogP contribution in [0.4, 0.5) is 33.8 Å². The van der Waals surface area contributed by atoms with E-state index in [1.165, 1.54) is 0 Å². The van der Waals surface area contributed by atoms with E-state index in [1.54, 1.807) is 28.2 Å². The molecule has 2 saturated heterocycles. The summed E-state index contributed by atoms with van der Waals surface area (Å²) in [6, 6.07) is 22.9. The maximum absolute atomic E-state index is 13.7. The quantitative estimate of drug-likeness (QED) is 0.211. The fourth-order valence-corrected chi connectivity index (χ4v) is 6.40. The van der Waals surface area contributed by atoms with Gasteiger partial charge in [-0.2, -0.15) is 15.3 Å². The lowest BCUT2D eigenvalue weighted by molar-refractivity contribution is 0.139. The van der Waals surface area contributed by atoms with Crippen molar-refractivity contribution < 1.29 is 9.53 Å². The third-order valence-electron chi connectivity index (χ3n) is 8.92. The molecule has 5 aromatic rings. The number of ether oxygens (including phenoxy) is 1. The molecule has 48 heavy (non-hydrogen) atoms. The Bertz CT molecular complexity index is 1910. The molecule has 1 unspecified atom stereocenters. The lowest BCUT2D eigenvalue weighted by Gasteiger charge is -2.40. The second kappa shape index (κ2) is 13.5. The number of amides is 2. The summed E-state index contributed by atoms with van der Waals surface area (Å²) in [4.78, 5) is 31.3. The molecule has 0 radical (unpaired) electrons. The first kappa shape index (κ1) is 30.8. The van der Waals surface area contributed by atoms with Gasteiger partial charge in [-0.05, 0) is 61.2 Å². The lowest BCUT2D eigenvalue weighted by Crippen LogP contribution is -2.44. The first-order valence-corrected chi connectivity index (χ1v) is 16.0. The minimum absolute atomic E-state index is 0.118. The van der Waals surface area contributed by atoms with Crippen molar-refractivity contribution >= 4 is 35.0 Å². The van der Waals surface area contributed by atoms with Crippen LogP contribution in [0.5, 0.6) is 0 Å². The van der Waals surface area contributed by atoms with Crippen molar-refractivity contribution in [2.45, 2.75) is 25.8 Å². The number of pyridine rings is 1. The SMILES string of the molecule is Cn1cc(-c2ccc(N(C(=O)NCc3ccccc3)c3ccc(Nc4ncc(C#N)c(N5CCCC6(CCOC6)C5)n4)cc3)nc2)cn1. The number of aryl methyl sites for hydroxylation is 1. The average molecular weight is 641 g/mol. The number of hydrogen-bond donors (Lipinski definition) is 2. The zero-order chi connectivity index (χ0) is 32.9. The van der Waals surface area contributed by atoms with Gasteiger partial charge in [-0.3, -0.25) is 4.68 Å². The van der Waals surface area contributed by atoms with E-state index < -0.39 is 0 Å². The molecule has 2 aliphatic rings. The van der Waals surface area contributed by atoms with Gasteiger partial charge in [0.2, 0.25) is 5.95 Å². The van der Waals surface area contributed by atoms with Crippen molar-refractivity contribution in [2.75, 3.05) is 41.4 Å². The fourth-order valence-electron chi connectivity index (χ4n) is 6.40. The van der Waals surface area contributed by atoms with Crippen molar-refractivity contribution in [3.8, 4) is 17.2 Å². The van der Waals surface area contributed by atoms with Crippen molar-refractivity contribution in [1.82, 2.24) is 30.0 Å². The zero-order valence-electron chi connectivity index (χ0n) is 26.7. The standard InChI is InChI=1S/C36H36N10O2/c1-44-23-29(22-41-44)27-8-13-32(38-20-27)46(35(47)40-19-26-6-3-2-4-7-26)31-11-9-30(10-12-31)42-34-39-21-28(18-37)33(43-34)45-16-5-14-36(24-45)15-17-48-25-36/h2-4,6-13,20-23H,5,14-17,19,24-25H2,1H3,(H,40,47)(H,39,42,43). The predicted molar refractivity (Wildman–Crippen MR) is 183 cm³/mol. The number of piperidine rings is 1. The van der Waals surface area contributed by atoms with Gasteiger partial charge in [-0.1, -0.05) is 30.3 Å². The van der Waals surface area contributed by atoms with Gasteiger partial charge in [0.15, 0.2) is 5.82 Å². The summed E-state index contributed by atoms with van der Waals surface area (Å²) in [5.74, 6) is 1.50. The number of benzene rings is 2. The number of carbonyl (C=O) groups is 1. The molecule has 2 aromatic carbocycles. The smallest absolute Gasteiger partial charge is 0.327 e. The summed E-state index contributed by atoms with van der Waals surface area (Å²) in [7, 11) is 1.87. The highest BCUT2D eigenvalue weighted by atomic mass is 16.5. The predicted octanol–water partition coefficient (Wildman–Crippen LogP) is 5.94. The number of nitriles is 1. The number of aromatic nitrogens is 5. The summed E-state index contributed by atoms with van der Waals surface area (Å²) >= 11 is 0. The second-order valence-corrected chi connectivity index (χ2v) is 12.3. The number of hydrogen-bond acceptors (Lipinski definition) is 9. The van der Waals surface area contributed by atoms with Crippen LogP contribution in [0.15, 0.2) is 91.5 Å². The van der Waals surface area contributed by atoms with Crippen molar-refractivity contribution in [1.29, 1.82) is 5.26 Å². The normalized spacial score (nSPS) is 17.2. The van der Waals surface area contributed by atoms with Gasteiger partial charge in [0.25, 0.3) is 0 Å². The number of nitrogens with zero attached hydrogens (tertiary/aromatic N) is 8. The van der Waals surface area contributed by atoms with E-state index >= 15 is 0 Å². The average Bonchev–Trinajstić information content (AvgIpc) is 3.77. The minimum Gasteiger partial charge on any atom is -0.381 e. The van der Waals surface area contributed by atoms with Crippen LogP contribution in [-0.4, -0.2) is 57.1 Å². The van der Waals surface area contributed by atoms with E-state index in [4.69, 9.17) is 9.72 Å². The molecule has 0 bridgehead atoms. The van der Waals surface area contributed by atoms with Gasteiger partial charge in [0.1, 0.15) is 17.5 Å². The summed E-state index contributed by atoms with van der Waals surface area (Å²) in [6.07, 6.45) is 10.2. The summed E-state index contributed by atoms with van der Waals surface area (Å²) in [5.41, 5.74) is 4.76. The van der Waals surface area contributed by atoms with Crippen LogP contribution in [-0.2, 0) is 18.3 Å². The van der Waals surface area contributed by atoms with E-state index in [0.29, 0.717) is 35.4 Å². The molecular formula is C36H36N10O2. The van der Waals surface area contributed by atoms with Crippen LogP contribution < -0.4 is 20.4 Å². The molecule has 0 saturated carbocycles. The number of nitrogens with one attached hydrogen (secondary N) is 2. The molecule has 1 atom stereocenters. The number of urea groups is 1. The molecular weight excluding hydrogens is 604 g/mol. The van der Waals surface area contributed by atoms with Crippen molar-refractivity contribution in [2.24, 2.45) is 12.5 Å². The van der Waals surface area contributed by atoms with Crippen LogP contribution in [0.25, 0.3) is 11.1 Å². The monoisotopic (exact) mass is 640 g/mol. The van der Waals surface area contributed by atoms with Gasteiger partial charge in [0, 0.05) is 67.9 Å². The highest BCUT2D eigenvalue weighted by molar-refractivity contribution is 5.98. The fraction of sp³-hybridized carbons (Fsp3) is 0.278. The Morgan fingerprint density at radius 3 is 2.58 bits per heavy atom. The topological polar surface area (TPSA) is 137 Å². The van der Waals surface area contributed by atoms with Crippen LogP contribution in [0.1, 0.15) is 30.4 Å². The maximum Gasteiger partial charge on any atom is 0.327 e. The summed E-state index contributed by atoms with van der Waals surface area (Å²) in [5, 5.41) is 20.4. The molecule has 12 heteroatoms. The molecule has 12 nitrogen and oxygen atoms in total. The molecule has 2 aliphatic heterocycles. The Morgan fingerprint density at radius 1 is 1.02 bits per heavy atom. The van der Waals surface area contributed by atoms with Gasteiger partial charge in [-0.15, -0.1) is 0 Å². The molecule has 3 aromatic heterocycles. The molecule has 242 valence electrons. The van der Waals surface area contributed by atoms with Gasteiger partial charge >= 0.3 is 6.03 Å². The molecule has 1 spiro atoms. The maximum atomic E-state index is 13.7. The Kier molecular flexibility index (Phi) is 8.68. The molecule has 2 amide bonds. The molecule has 5 heterocycles. The van der Waals surface area contributed by atoms with Crippen molar-refractivity contribution in [3.05, 3.63) is 103 Å². The van der Waals surface area contributed by atoms with E-state index in [1.807, 2.05) is 80.0 Å². The third-order valence-corrected chi connectivity index (χ3v) is 8.92. The van der Waals surface area contributed by atoms with Gasteiger partial charge in [0.05, 0.1) is 24.7 Å². The Balaban J connectivity index is 1.12. The van der Waals surface area contributed by atoms with Gasteiger partial charge < -0.3 is 20.3 Å². The largest absolute Gasteiger partial charge is 0.381 e. The van der Waals surface area contributed by atoms with Crippen molar-refractivity contribution in [3.63, 3.8) is 0 Å². The first-order chi connectivity index (χ1) is 23.5. The highest BCUT2D eigenvalue weighted by Gasteiger charge is 2.40. The van der Waals surface area contributed by atoms with E-state index in [9.17, 15) is 10.1 Å². The molecule has 2 fully saturated rings. The van der Waals surface area contributed by atoms with E-state index in [-0.39, 0.29) is 11.4 Å². The summed E-state index contributed by atoms with van der Waals surface area (Å²) in [6.45, 7) is 3.55. The Labute approximate surface area is 279 Å². The number of rotatable bonds is 8. The Morgan fingerprint density at radius 2 is 1.88 bits per heavy atom. The molecule has 0 aliphatic carbocycles. The second-order valence-electron chi connectivity index (χ2n) is 12.3. The highest BCUT2D eigenvalue weighted by Crippen LogP contribution is 2.39. The van der Waals surface area contributed by atoms with Crippen LogP contribution >= 0.6 is 0 Å². The minimum atomic E-state index is -0.312. The van der Waals surface area contributed by atoms with Crippen LogP contribution in [0, 0.1) is 16.7 Å². The lowest BCUT2D eigenvalue weighted by atomic mass is 9.79. The molecule has 7 rings (SSSR count). The third kappa shape index (κ3) is 6.67. The van der Waals surface area contributed by atoms with Crippen LogP contribution in [0.2, 0.25) is 0 Å². The molecule has 2 N–H and O–H groups in total.